The van der Waals surface area contributed by atoms with Crippen LogP contribution in [0.25, 0.3) is 17.1 Å². The molecule has 0 spiro atoms. The fourth-order valence-electron chi connectivity index (χ4n) is 4.67. The van der Waals surface area contributed by atoms with Gasteiger partial charge in [0.25, 0.3) is 5.56 Å². The Labute approximate surface area is 219 Å². The van der Waals surface area contributed by atoms with Crippen molar-refractivity contribution >= 4 is 46.0 Å². The molecule has 0 aliphatic carbocycles. The highest BCUT2D eigenvalue weighted by Gasteiger charge is 2.35. The number of methoxy groups -OCH3 is 2. The Kier molecular flexibility index (Phi) is 6.17. The lowest BCUT2D eigenvalue weighted by atomic mass is 9.95. The van der Waals surface area contributed by atoms with E-state index in [-0.39, 0.29) is 16.8 Å². The van der Waals surface area contributed by atoms with Gasteiger partial charge >= 0.3 is 11.7 Å². The zero-order valence-electron chi connectivity index (χ0n) is 20.7. The van der Waals surface area contributed by atoms with E-state index < -0.39 is 12.0 Å². The van der Waals surface area contributed by atoms with Gasteiger partial charge in [0.2, 0.25) is 0 Å². The van der Waals surface area contributed by atoms with Gasteiger partial charge in [-0.1, -0.05) is 29.0 Å². The lowest BCUT2D eigenvalue weighted by Crippen LogP contribution is -2.40. The first-order chi connectivity index (χ1) is 17.7. The van der Waals surface area contributed by atoms with Gasteiger partial charge < -0.3 is 9.47 Å². The summed E-state index contributed by atoms with van der Waals surface area (Å²) in [7, 11) is 6.22. The van der Waals surface area contributed by atoms with E-state index in [1.165, 1.54) is 30.1 Å². The van der Waals surface area contributed by atoms with Crippen LogP contribution in [-0.4, -0.2) is 33.9 Å². The quantitative estimate of drug-likeness (QED) is 0.371. The summed E-state index contributed by atoms with van der Waals surface area (Å²) in [5.74, 6) is -0.131. The van der Waals surface area contributed by atoms with Crippen molar-refractivity contribution in [2.45, 2.75) is 13.0 Å². The molecule has 1 aliphatic rings. The number of aromatic nitrogens is 3. The average Bonchev–Trinajstić information content (AvgIpc) is 3.30. The summed E-state index contributed by atoms with van der Waals surface area (Å²) >= 11 is 7.53. The number of ether oxygens (including phenoxy) is 2. The zero-order chi connectivity index (χ0) is 26.6. The van der Waals surface area contributed by atoms with Crippen molar-refractivity contribution < 1.29 is 14.3 Å². The number of imidazole rings is 1. The summed E-state index contributed by atoms with van der Waals surface area (Å²) in [4.78, 5) is 44.0. The predicted octanol–water partition coefficient (Wildman–Crippen LogP) is 2.26. The molecule has 2 aromatic heterocycles. The van der Waals surface area contributed by atoms with Gasteiger partial charge in [0.1, 0.15) is 11.8 Å². The summed E-state index contributed by atoms with van der Waals surface area (Å²) in [5.41, 5.74) is 3.03. The monoisotopic (exact) mass is 538 g/mol. The molecule has 1 atom stereocenters. The van der Waals surface area contributed by atoms with Crippen molar-refractivity contribution in [2.75, 3.05) is 14.2 Å². The number of fused-ring (bicyclic) bond motifs is 2. The molecule has 5 rings (SSSR count). The van der Waals surface area contributed by atoms with E-state index >= 15 is 0 Å². The van der Waals surface area contributed by atoms with Gasteiger partial charge in [0.15, 0.2) is 4.80 Å². The molecule has 0 saturated heterocycles. The number of allylic oxidation sites excluding steroid dienone is 1. The Bertz CT molecular complexity index is 1880. The standard InChI is InChI=1S/C26H23ClN4O5S/c1-13-21(24(33)36-5)22(16-12-15(27)7-9-19(16)35-4)31-23(32)20(37-25(31)28-13)11-14-6-8-17-18(10-14)30(3)26(34)29(17)2/h6-12,22H,1-5H3/b20-11-. The molecule has 2 aromatic carbocycles. The topological polar surface area (TPSA) is 96.8 Å². The molecule has 0 amide bonds. The summed E-state index contributed by atoms with van der Waals surface area (Å²) in [6, 6.07) is 9.75. The Balaban J connectivity index is 1.77. The molecule has 3 heterocycles. The third-order valence-electron chi connectivity index (χ3n) is 6.51. The van der Waals surface area contributed by atoms with E-state index in [0.29, 0.717) is 31.4 Å². The van der Waals surface area contributed by atoms with Gasteiger partial charge in [-0.15, -0.1) is 0 Å². The third-order valence-corrected chi connectivity index (χ3v) is 7.73. The molecule has 1 aliphatic heterocycles. The number of carbonyl (C=O) groups excluding carboxylic acids is 1. The average molecular weight is 539 g/mol. The molecule has 0 radical (unpaired) electrons. The fourth-order valence-corrected chi connectivity index (χ4v) is 5.90. The molecule has 190 valence electrons. The molecular weight excluding hydrogens is 516 g/mol. The van der Waals surface area contributed by atoms with Gasteiger partial charge in [-0.3, -0.25) is 18.5 Å². The van der Waals surface area contributed by atoms with Crippen molar-refractivity contribution in [1.29, 1.82) is 0 Å². The highest BCUT2D eigenvalue weighted by Crippen LogP contribution is 2.37. The number of hydrogen-bond donors (Lipinski definition) is 0. The van der Waals surface area contributed by atoms with E-state index in [9.17, 15) is 14.4 Å². The van der Waals surface area contributed by atoms with Crippen molar-refractivity contribution in [3.05, 3.63) is 94.0 Å². The molecule has 11 heteroatoms. The van der Waals surface area contributed by atoms with E-state index in [0.717, 1.165) is 16.6 Å². The Morgan fingerprint density at radius 1 is 1.08 bits per heavy atom. The van der Waals surface area contributed by atoms with Crippen molar-refractivity contribution in [3.63, 3.8) is 0 Å². The van der Waals surface area contributed by atoms with Crippen molar-refractivity contribution in [1.82, 2.24) is 13.7 Å². The lowest BCUT2D eigenvalue weighted by molar-refractivity contribution is -0.136. The van der Waals surface area contributed by atoms with Crippen molar-refractivity contribution in [3.8, 4) is 5.75 Å². The fraction of sp³-hybridized carbons (Fsp3) is 0.231. The summed E-state index contributed by atoms with van der Waals surface area (Å²) in [6.45, 7) is 1.71. The van der Waals surface area contributed by atoms with Crippen LogP contribution in [0.15, 0.2) is 62.2 Å². The van der Waals surface area contributed by atoms with Crippen LogP contribution in [-0.2, 0) is 23.6 Å². The molecule has 37 heavy (non-hydrogen) atoms. The SMILES string of the molecule is COC(=O)C1=C(C)N=c2s/c(=C\c3ccc4c(c3)n(C)c(=O)n4C)c(=O)n2C1c1cc(Cl)ccc1OC. The molecule has 0 saturated carbocycles. The van der Waals surface area contributed by atoms with Crippen LogP contribution >= 0.6 is 22.9 Å². The van der Waals surface area contributed by atoms with Crippen LogP contribution in [0.2, 0.25) is 5.02 Å². The molecular formula is C26H23ClN4O5S. The number of hydrogen-bond acceptors (Lipinski definition) is 7. The predicted molar refractivity (Wildman–Crippen MR) is 142 cm³/mol. The Hall–Kier alpha value is -3.89. The van der Waals surface area contributed by atoms with Gasteiger partial charge in [0, 0.05) is 24.7 Å². The number of carbonyl (C=O) groups is 1. The van der Waals surface area contributed by atoms with Crippen LogP contribution in [0.5, 0.6) is 5.75 Å². The number of rotatable bonds is 4. The minimum atomic E-state index is -0.850. The molecule has 0 N–H and O–H groups in total. The zero-order valence-corrected chi connectivity index (χ0v) is 22.3. The second-order valence-corrected chi connectivity index (χ2v) is 10.1. The number of aryl methyl sites for hydroxylation is 2. The van der Waals surface area contributed by atoms with Gasteiger partial charge in [-0.25, -0.2) is 14.6 Å². The first-order valence-corrected chi connectivity index (χ1v) is 12.5. The molecule has 0 bridgehead atoms. The van der Waals surface area contributed by atoms with Gasteiger partial charge in [-0.05, 0) is 48.9 Å². The second-order valence-electron chi connectivity index (χ2n) is 8.61. The molecule has 1 unspecified atom stereocenters. The second kappa shape index (κ2) is 9.20. The van der Waals surface area contributed by atoms with Gasteiger partial charge in [-0.2, -0.15) is 0 Å². The maximum atomic E-state index is 13.8. The van der Waals surface area contributed by atoms with Crippen LogP contribution in [0.1, 0.15) is 24.1 Å². The third kappa shape index (κ3) is 3.93. The van der Waals surface area contributed by atoms with Crippen LogP contribution < -0.4 is 25.3 Å². The Morgan fingerprint density at radius 2 is 1.81 bits per heavy atom. The maximum absolute atomic E-state index is 13.8. The van der Waals surface area contributed by atoms with E-state index in [2.05, 4.69) is 4.99 Å². The minimum Gasteiger partial charge on any atom is -0.496 e. The summed E-state index contributed by atoms with van der Waals surface area (Å²) in [6.07, 6.45) is 1.75. The van der Waals surface area contributed by atoms with Crippen LogP contribution in [0.3, 0.4) is 0 Å². The highest BCUT2D eigenvalue weighted by molar-refractivity contribution is 7.07. The number of nitrogens with zero attached hydrogens (tertiary/aromatic N) is 4. The lowest BCUT2D eigenvalue weighted by Gasteiger charge is -2.25. The summed E-state index contributed by atoms with van der Waals surface area (Å²) in [5, 5.41) is 0.429. The number of esters is 1. The molecule has 0 fully saturated rings. The van der Waals surface area contributed by atoms with Crippen molar-refractivity contribution in [2.24, 2.45) is 19.1 Å². The molecule has 4 aromatic rings. The maximum Gasteiger partial charge on any atom is 0.338 e. The number of thiazole rings is 1. The van der Waals surface area contributed by atoms with E-state index in [1.54, 1.807) is 54.4 Å². The first kappa shape index (κ1) is 24.8. The summed E-state index contributed by atoms with van der Waals surface area (Å²) < 4.78 is 15.6. The van der Waals surface area contributed by atoms with E-state index in [1.807, 2.05) is 18.2 Å². The highest BCUT2D eigenvalue weighted by atomic mass is 35.5. The van der Waals surface area contributed by atoms with E-state index in [4.69, 9.17) is 21.1 Å². The molecule has 9 nitrogen and oxygen atoms in total. The van der Waals surface area contributed by atoms with Crippen LogP contribution in [0, 0.1) is 0 Å². The number of halogens is 1. The Morgan fingerprint density at radius 3 is 2.51 bits per heavy atom. The first-order valence-electron chi connectivity index (χ1n) is 11.3. The minimum absolute atomic E-state index is 0.132. The smallest absolute Gasteiger partial charge is 0.338 e. The van der Waals surface area contributed by atoms with Crippen LogP contribution in [0.4, 0.5) is 0 Å². The number of benzene rings is 2. The normalized spacial score (nSPS) is 15.6. The van der Waals surface area contributed by atoms with Gasteiger partial charge in [0.05, 0.1) is 41.1 Å². The largest absolute Gasteiger partial charge is 0.496 e.